The number of nitrogens with one attached hydrogen (secondary N) is 2. The van der Waals surface area contributed by atoms with Gasteiger partial charge >= 0.3 is 11.8 Å². The number of carbonyl (C=O) groups is 1. The Bertz CT molecular complexity index is 1140. The molecule has 4 rings (SSSR count). The second kappa shape index (κ2) is 5.55. The Kier molecular flexibility index (Phi) is 3.43. The van der Waals surface area contributed by atoms with E-state index in [9.17, 15) is 13.6 Å². The van der Waals surface area contributed by atoms with Crippen LogP contribution in [0.15, 0.2) is 30.7 Å². The monoisotopic (exact) mass is 357 g/mol. The lowest BCUT2D eigenvalue weighted by molar-refractivity contribution is 0.0117. The normalized spacial score (nSPS) is 12.0. The Morgan fingerprint density at radius 2 is 2.12 bits per heavy atom. The maximum Gasteiger partial charge on any atom is 0.324 e. The zero-order valence-electron chi connectivity index (χ0n) is 13.8. The van der Waals surface area contributed by atoms with Crippen LogP contribution in [0.2, 0.25) is 0 Å². The molecule has 3 heterocycles. The molecule has 0 amide bonds. The number of halogens is 2. The molecule has 3 aromatic heterocycles. The molecule has 0 spiro atoms. The first-order valence-corrected chi connectivity index (χ1v) is 7.68. The van der Waals surface area contributed by atoms with Crippen molar-refractivity contribution in [3.8, 4) is 0 Å². The number of nitrogens with zero attached hydrogens (tertiary/aromatic N) is 5. The predicted octanol–water partition coefficient (Wildman–Crippen LogP) is 3.05. The van der Waals surface area contributed by atoms with E-state index in [4.69, 9.17) is 0 Å². The Labute approximate surface area is 145 Å². The molecular formula is C16H13F2N7O. The van der Waals surface area contributed by atoms with Crippen molar-refractivity contribution < 1.29 is 13.6 Å². The number of anilines is 2. The second-order valence-electron chi connectivity index (χ2n) is 5.91. The van der Waals surface area contributed by atoms with Crippen LogP contribution in [0.3, 0.4) is 0 Å². The fourth-order valence-corrected chi connectivity index (χ4v) is 2.68. The Hall–Kier alpha value is -3.43. The van der Waals surface area contributed by atoms with E-state index in [1.54, 1.807) is 31.3 Å². The number of carbonyl (C=O) groups excluding carboxylic acids is 1. The molecule has 10 heteroatoms. The summed E-state index contributed by atoms with van der Waals surface area (Å²) in [7, 11) is 0. The van der Waals surface area contributed by atoms with Gasteiger partial charge < -0.3 is 5.32 Å². The van der Waals surface area contributed by atoms with Gasteiger partial charge in [0.1, 0.15) is 12.1 Å². The van der Waals surface area contributed by atoms with E-state index >= 15 is 0 Å². The van der Waals surface area contributed by atoms with Gasteiger partial charge in [0.2, 0.25) is 0 Å². The summed E-state index contributed by atoms with van der Waals surface area (Å²) in [6.07, 6.45) is 3.02. The van der Waals surface area contributed by atoms with Crippen molar-refractivity contribution in [3.05, 3.63) is 36.4 Å². The third kappa shape index (κ3) is 2.55. The number of hydrogen-bond donors (Lipinski definition) is 2. The van der Waals surface area contributed by atoms with Crippen LogP contribution in [-0.4, -0.2) is 41.8 Å². The molecular weight excluding hydrogens is 344 g/mol. The summed E-state index contributed by atoms with van der Waals surface area (Å²) in [4.78, 5) is 19.9. The summed E-state index contributed by atoms with van der Waals surface area (Å²) < 4.78 is 27.5. The van der Waals surface area contributed by atoms with Crippen molar-refractivity contribution in [1.29, 1.82) is 0 Å². The first-order valence-electron chi connectivity index (χ1n) is 7.68. The maximum absolute atomic E-state index is 13.4. The molecule has 0 aliphatic rings. The smallest absolute Gasteiger partial charge is 0.324 e. The molecule has 0 fully saturated rings. The molecule has 0 saturated heterocycles. The fraction of sp³-hybridized carbons (Fsp3) is 0.188. The lowest BCUT2D eigenvalue weighted by Gasteiger charge is -2.09. The van der Waals surface area contributed by atoms with Gasteiger partial charge in [-0.1, -0.05) is 0 Å². The number of hydrogen-bond acceptors (Lipinski definition) is 6. The van der Waals surface area contributed by atoms with Crippen LogP contribution in [-0.2, 0) is 0 Å². The van der Waals surface area contributed by atoms with Gasteiger partial charge in [0.25, 0.3) is 0 Å². The van der Waals surface area contributed by atoms with E-state index in [2.05, 4.69) is 30.6 Å². The molecule has 26 heavy (non-hydrogen) atoms. The summed E-state index contributed by atoms with van der Waals surface area (Å²) in [5, 5.41) is 15.3. The van der Waals surface area contributed by atoms with E-state index in [0.29, 0.717) is 46.1 Å². The Morgan fingerprint density at radius 3 is 2.88 bits per heavy atom. The second-order valence-corrected chi connectivity index (χ2v) is 5.91. The van der Waals surface area contributed by atoms with Gasteiger partial charge in [-0.05, 0) is 25.1 Å². The van der Waals surface area contributed by atoms with Crippen molar-refractivity contribution in [2.75, 3.05) is 5.32 Å². The van der Waals surface area contributed by atoms with Gasteiger partial charge in [-0.3, -0.25) is 9.89 Å². The molecule has 1 aromatic carbocycles. The molecule has 0 bridgehead atoms. The molecule has 0 radical (unpaired) electrons. The zero-order valence-corrected chi connectivity index (χ0v) is 13.8. The molecule has 0 saturated carbocycles. The fourth-order valence-electron chi connectivity index (χ4n) is 2.68. The van der Waals surface area contributed by atoms with Gasteiger partial charge in [-0.15, -0.1) is 0 Å². The minimum absolute atomic E-state index is 0.317. The standard InChI is InChI=1S/C16H13F2N7O/c1-8-10-5-9(21-14-11-6-19-7-20-13(11)22-23-14)3-4-12(10)25(24-8)15(26)16(2,17)18/h3-7H,1-2H3,(H2,19,20,21,22,23). The largest absolute Gasteiger partial charge is 0.340 e. The summed E-state index contributed by atoms with van der Waals surface area (Å²) in [5.74, 6) is -4.27. The van der Waals surface area contributed by atoms with Crippen molar-refractivity contribution in [2.24, 2.45) is 0 Å². The maximum atomic E-state index is 13.4. The molecule has 0 aliphatic carbocycles. The summed E-state index contributed by atoms with van der Waals surface area (Å²) in [6, 6.07) is 4.96. The number of aromatic amines is 1. The number of alkyl halides is 2. The topological polar surface area (TPSA) is 101 Å². The van der Waals surface area contributed by atoms with E-state index in [-0.39, 0.29) is 0 Å². The highest BCUT2D eigenvalue weighted by Gasteiger charge is 2.35. The minimum Gasteiger partial charge on any atom is -0.340 e. The quantitative estimate of drug-likeness (QED) is 0.584. The van der Waals surface area contributed by atoms with Crippen molar-refractivity contribution >= 4 is 39.3 Å². The number of fused-ring (bicyclic) bond motifs is 2. The molecule has 4 aromatic rings. The first-order chi connectivity index (χ1) is 12.3. The predicted molar refractivity (Wildman–Crippen MR) is 90.7 cm³/mol. The number of benzene rings is 1. The molecule has 132 valence electrons. The molecule has 0 atom stereocenters. The van der Waals surface area contributed by atoms with Gasteiger partial charge in [0.05, 0.1) is 16.6 Å². The highest BCUT2D eigenvalue weighted by Crippen LogP contribution is 2.28. The third-order valence-corrected chi connectivity index (χ3v) is 3.94. The Morgan fingerprint density at radius 1 is 1.31 bits per heavy atom. The molecule has 0 unspecified atom stereocenters. The Balaban J connectivity index is 1.75. The van der Waals surface area contributed by atoms with Gasteiger partial charge in [-0.25, -0.2) is 9.97 Å². The molecule has 8 nitrogen and oxygen atoms in total. The summed E-state index contributed by atoms with van der Waals surface area (Å²) >= 11 is 0. The van der Waals surface area contributed by atoms with Crippen LogP contribution in [0, 0.1) is 6.92 Å². The summed E-state index contributed by atoms with van der Waals surface area (Å²) in [6.45, 7) is 2.21. The average Bonchev–Trinajstić information content (AvgIpc) is 3.15. The van der Waals surface area contributed by atoms with Crippen LogP contribution in [0.1, 0.15) is 17.4 Å². The van der Waals surface area contributed by atoms with E-state index in [0.717, 1.165) is 4.68 Å². The van der Waals surface area contributed by atoms with Crippen LogP contribution >= 0.6 is 0 Å². The lowest BCUT2D eigenvalue weighted by Crippen LogP contribution is -2.31. The highest BCUT2D eigenvalue weighted by molar-refractivity contribution is 5.97. The number of aryl methyl sites for hydroxylation is 1. The van der Waals surface area contributed by atoms with Crippen LogP contribution in [0.5, 0.6) is 0 Å². The van der Waals surface area contributed by atoms with Crippen LogP contribution in [0.25, 0.3) is 21.9 Å². The van der Waals surface area contributed by atoms with E-state index in [1.807, 2.05) is 0 Å². The third-order valence-electron chi connectivity index (χ3n) is 3.94. The average molecular weight is 357 g/mol. The summed E-state index contributed by atoms with van der Waals surface area (Å²) in [5.41, 5.74) is 1.98. The SMILES string of the molecule is Cc1nn(C(=O)C(C)(F)F)c2ccc(Nc3[nH]nc4ncncc34)cc12. The minimum atomic E-state index is -3.50. The zero-order chi connectivity index (χ0) is 18.5. The van der Waals surface area contributed by atoms with Crippen molar-refractivity contribution in [1.82, 2.24) is 29.9 Å². The number of H-pyrrole nitrogens is 1. The van der Waals surface area contributed by atoms with Gasteiger partial charge in [0, 0.05) is 24.2 Å². The highest BCUT2D eigenvalue weighted by atomic mass is 19.3. The van der Waals surface area contributed by atoms with E-state index < -0.39 is 11.8 Å². The van der Waals surface area contributed by atoms with Gasteiger partial charge in [-0.2, -0.15) is 23.7 Å². The number of rotatable bonds is 3. The molecule has 0 aliphatic heterocycles. The first kappa shape index (κ1) is 16.1. The molecule has 2 N–H and O–H groups in total. The van der Waals surface area contributed by atoms with Crippen LogP contribution < -0.4 is 5.32 Å². The van der Waals surface area contributed by atoms with E-state index in [1.165, 1.54) is 6.33 Å². The lowest BCUT2D eigenvalue weighted by atomic mass is 10.2. The van der Waals surface area contributed by atoms with Crippen molar-refractivity contribution in [3.63, 3.8) is 0 Å². The van der Waals surface area contributed by atoms with Gasteiger partial charge in [0.15, 0.2) is 5.65 Å². The number of aromatic nitrogens is 6. The van der Waals surface area contributed by atoms with Crippen LogP contribution in [0.4, 0.5) is 20.3 Å². The van der Waals surface area contributed by atoms with Crippen molar-refractivity contribution in [2.45, 2.75) is 19.8 Å².